The Morgan fingerprint density at radius 3 is 2.66 bits per heavy atom. The number of hydrogen-bond acceptors (Lipinski definition) is 4. The van der Waals surface area contributed by atoms with Crippen LogP contribution in [0.4, 0.5) is 0 Å². The van der Waals surface area contributed by atoms with Crippen molar-refractivity contribution in [2.24, 2.45) is 4.99 Å². The number of guanidine groups is 1. The smallest absolute Gasteiger partial charge is 0.226 e. The number of hydrogen-bond donors (Lipinski definition) is 2. The molecule has 2 N–H and O–H groups in total. The molecule has 7 nitrogen and oxygen atoms in total. The molecule has 0 spiro atoms. The SMILES string of the molecule is CN=C(NCc1cccc(CN2CCCC2=O)c1)NCc1coc(-c2ccc(C)cc2)n1. The van der Waals surface area contributed by atoms with Gasteiger partial charge in [0, 0.05) is 38.7 Å². The van der Waals surface area contributed by atoms with Gasteiger partial charge in [0.1, 0.15) is 6.26 Å². The van der Waals surface area contributed by atoms with E-state index in [0.717, 1.165) is 35.3 Å². The van der Waals surface area contributed by atoms with E-state index < -0.39 is 0 Å². The van der Waals surface area contributed by atoms with Gasteiger partial charge >= 0.3 is 0 Å². The molecule has 1 aliphatic heterocycles. The lowest BCUT2D eigenvalue weighted by atomic mass is 10.1. The molecule has 4 rings (SSSR count). The van der Waals surface area contributed by atoms with Crippen molar-refractivity contribution < 1.29 is 9.21 Å². The molecule has 7 heteroatoms. The lowest BCUT2D eigenvalue weighted by molar-refractivity contribution is -0.128. The van der Waals surface area contributed by atoms with Crippen LogP contribution < -0.4 is 10.6 Å². The van der Waals surface area contributed by atoms with Gasteiger partial charge in [-0.15, -0.1) is 0 Å². The van der Waals surface area contributed by atoms with E-state index in [1.54, 1.807) is 13.3 Å². The molecular weight excluding hydrogens is 402 g/mol. The van der Waals surface area contributed by atoms with Crippen LogP contribution in [0.5, 0.6) is 0 Å². The molecule has 166 valence electrons. The lowest BCUT2D eigenvalue weighted by Crippen LogP contribution is -2.36. The molecule has 2 aromatic carbocycles. The standard InChI is InChI=1S/C25H29N5O2/c1-18-8-10-21(11-9-18)24-29-22(17-32-24)15-28-25(26-2)27-14-19-5-3-6-20(13-19)16-30-12-4-7-23(30)31/h3,5-6,8-11,13,17H,4,7,12,14-16H2,1-2H3,(H2,26,27,28). The van der Waals surface area contributed by atoms with Gasteiger partial charge in [-0.1, -0.05) is 42.0 Å². The van der Waals surface area contributed by atoms with Gasteiger partial charge in [0.25, 0.3) is 0 Å². The molecular formula is C25H29N5O2. The molecule has 1 saturated heterocycles. The minimum Gasteiger partial charge on any atom is -0.444 e. The van der Waals surface area contributed by atoms with Gasteiger partial charge in [-0.05, 0) is 36.6 Å². The average molecular weight is 432 g/mol. The summed E-state index contributed by atoms with van der Waals surface area (Å²) in [6.07, 6.45) is 3.29. The first-order chi connectivity index (χ1) is 15.6. The maximum Gasteiger partial charge on any atom is 0.226 e. The summed E-state index contributed by atoms with van der Waals surface area (Å²) in [6.45, 7) is 4.72. The van der Waals surface area contributed by atoms with Gasteiger partial charge in [0.15, 0.2) is 5.96 Å². The second-order valence-electron chi connectivity index (χ2n) is 8.03. The largest absolute Gasteiger partial charge is 0.444 e. The molecule has 0 bridgehead atoms. The number of aromatic nitrogens is 1. The average Bonchev–Trinajstić information content (AvgIpc) is 3.44. The first-order valence-corrected chi connectivity index (χ1v) is 10.9. The highest BCUT2D eigenvalue weighted by atomic mass is 16.3. The predicted octanol–water partition coefficient (Wildman–Crippen LogP) is 3.64. The molecule has 0 saturated carbocycles. The van der Waals surface area contributed by atoms with Crippen molar-refractivity contribution in [2.75, 3.05) is 13.6 Å². The zero-order valence-corrected chi connectivity index (χ0v) is 18.6. The molecule has 32 heavy (non-hydrogen) atoms. The Balaban J connectivity index is 1.29. The quantitative estimate of drug-likeness (QED) is 0.441. The number of nitrogens with one attached hydrogen (secondary N) is 2. The Bertz CT molecular complexity index is 1090. The Kier molecular flexibility index (Phi) is 6.84. The van der Waals surface area contributed by atoms with Crippen LogP contribution in [0.3, 0.4) is 0 Å². The third-order valence-corrected chi connectivity index (χ3v) is 5.51. The topological polar surface area (TPSA) is 82.8 Å². The summed E-state index contributed by atoms with van der Waals surface area (Å²) in [4.78, 5) is 22.7. The third kappa shape index (κ3) is 5.55. The van der Waals surface area contributed by atoms with Crippen LogP contribution in [0, 0.1) is 6.92 Å². The summed E-state index contributed by atoms with van der Waals surface area (Å²) < 4.78 is 5.62. The van der Waals surface area contributed by atoms with Crippen molar-refractivity contribution in [3.05, 3.63) is 77.2 Å². The van der Waals surface area contributed by atoms with Crippen LogP contribution in [0.2, 0.25) is 0 Å². The molecule has 0 radical (unpaired) electrons. The van der Waals surface area contributed by atoms with E-state index in [4.69, 9.17) is 4.42 Å². The molecule has 1 aromatic heterocycles. The fourth-order valence-corrected chi connectivity index (χ4v) is 3.73. The fourth-order valence-electron chi connectivity index (χ4n) is 3.73. The number of nitrogens with zero attached hydrogens (tertiary/aromatic N) is 3. The molecule has 1 aliphatic rings. The van der Waals surface area contributed by atoms with Gasteiger partial charge in [-0.2, -0.15) is 0 Å². The van der Waals surface area contributed by atoms with Crippen molar-refractivity contribution in [2.45, 2.75) is 39.4 Å². The number of carbonyl (C=O) groups is 1. The van der Waals surface area contributed by atoms with Gasteiger partial charge < -0.3 is 20.0 Å². The Morgan fingerprint density at radius 1 is 1.12 bits per heavy atom. The van der Waals surface area contributed by atoms with Crippen molar-refractivity contribution in [3.8, 4) is 11.5 Å². The molecule has 0 unspecified atom stereocenters. The van der Waals surface area contributed by atoms with Crippen LogP contribution in [-0.2, 0) is 24.4 Å². The van der Waals surface area contributed by atoms with E-state index in [9.17, 15) is 4.79 Å². The number of likely N-dealkylation sites (tertiary alicyclic amines) is 1. The van der Waals surface area contributed by atoms with Crippen molar-refractivity contribution >= 4 is 11.9 Å². The molecule has 0 atom stereocenters. The van der Waals surface area contributed by atoms with Gasteiger partial charge in [-0.25, -0.2) is 4.98 Å². The molecule has 1 fully saturated rings. The summed E-state index contributed by atoms with van der Waals surface area (Å²) >= 11 is 0. The van der Waals surface area contributed by atoms with E-state index in [2.05, 4.69) is 45.7 Å². The Morgan fingerprint density at radius 2 is 1.91 bits per heavy atom. The fraction of sp³-hybridized carbons (Fsp3) is 0.320. The zero-order chi connectivity index (χ0) is 22.3. The van der Waals surface area contributed by atoms with Crippen molar-refractivity contribution in [1.29, 1.82) is 0 Å². The molecule has 2 heterocycles. The number of aryl methyl sites for hydroxylation is 1. The Labute approximate surface area is 188 Å². The van der Waals surface area contributed by atoms with E-state index in [-0.39, 0.29) is 5.91 Å². The number of aliphatic imine (C=N–C) groups is 1. The summed E-state index contributed by atoms with van der Waals surface area (Å²) in [5.74, 6) is 1.54. The van der Waals surface area contributed by atoms with Gasteiger partial charge in [0.05, 0.1) is 12.2 Å². The van der Waals surface area contributed by atoms with Crippen molar-refractivity contribution in [3.63, 3.8) is 0 Å². The van der Waals surface area contributed by atoms with Gasteiger partial charge in [-0.3, -0.25) is 9.79 Å². The number of benzene rings is 2. The van der Waals surface area contributed by atoms with E-state index in [0.29, 0.717) is 37.9 Å². The summed E-state index contributed by atoms with van der Waals surface area (Å²) in [5, 5.41) is 6.60. The second-order valence-corrected chi connectivity index (χ2v) is 8.03. The highest BCUT2D eigenvalue weighted by Gasteiger charge is 2.19. The minimum absolute atomic E-state index is 0.247. The summed E-state index contributed by atoms with van der Waals surface area (Å²) in [5.41, 5.74) is 5.25. The number of oxazole rings is 1. The normalized spacial score (nSPS) is 14.1. The maximum atomic E-state index is 11.9. The van der Waals surface area contributed by atoms with Crippen LogP contribution in [0.25, 0.3) is 11.5 Å². The number of rotatable bonds is 7. The second kappa shape index (κ2) is 10.1. The first-order valence-electron chi connectivity index (χ1n) is 10.9. The highest BCUT2D eigenvalue weighted by molar-refractivity contribution is 5.79. The molecule has 3 aromatic rings. The predicted molar refractivity (Wildman–Crippen MR) is 125 cm³/mol. The molecule has 0 aliphatic carbocycles. The van der Waals surface area contributed by atoms with Crippen LogP contribution in [0.1, 0.15) is 35.2 Å². The van der Waals surface area contributed by atoms with Crippen LogP contribution >= 0.6 is 0 Å². The summed E-state index contributed by atoms with van der Waals surface area (Å²) in [6, 6.07) is 16.4. The third-order valence-electron chi connectivity index (χ3n) is 5.51. The summed E-state index contributed by atoms with van der Waals surface area (Å²) in [7, 11) is 1.74. The number of carbonyl (C=O) groups excluding carboxylic acids is 1. The minimum atomic E-state index is 0.247. The number of amides is 1. The van der Waals surface area contributed by atoms with E-state index in [1.807, 2.05) is 35.2 Å². The van der Waals surface area contributed by atoms with Gasteiger partial charge in [0.2, 0.25) is 11.8 Å². The first kappa shape index (κ1) is 21.6. The van der Waals surface area contributed by atoms with E-state index >= 15 is 0 Å². The lowest BCUT2D eigenvalue weighted by Gasteiger charge is -2.16. The highest BCUT2D eigenvalue weighted by Crippen LogP contribution is 2.19. The Hall–Kier alpha value is -3.61. The van der Waals surface area contributed by atoms with Crippen LogP contribution in [-0.4, -0.2) is 35.3 Å². The monoisotopic (exact) mass is 431 g/mol. The van der Waals surface area contributed by atoms with Crippen LogP contribution in [0.15, 0.2) is 64.2 Å². The molecule has 1 amide bonds. The van der Waals surface area contributed by atoms with Crippen molar-refractivity contribution in [1.82, 2.24) is 20.5 Å². The zero-order valence-electron chi connectivity index (χ0n) is 18.6. The maximum absolute atomic E-state index is 11.9. The van der Waals surface area contributed by atoms with E-state index in [1.165, 1.54) is 5.56 Å².